The van der Waals surface area contributed by atoms with E-state index in [9.17, 15) is 4.79 Å². The smallest absolute Gasteiger partial charge is 0.322 e. The number of carboxylic acid groups (broad SMARTS) is 1. The van der Waals surface area contributed by atoms with Crippen molar-refractivity contribution in [3.05, 3.63) is 41.6 Å². The predicted molar refractivity (Wildman–Crippen MR) is 73.1 cm³/mol. The van der Waals surface area contributed by atoms with Crippen molar-refractivity contribution in [3.8, 4) is 11.4 Å². The molecule has 0 fully saturated rings. The van der Waals surface area contributed by atoms with Gasteiger partial charge in [-0.3, -0.25) is 4.79 Å². The van der Waals surface area contributed by atoms with Crippen LogP contribution in [0.15, 0.2) is 30.5 Å². The maximum absolute atomic E-state index is 10.5. The summed E-state index contributed by atoms with van der Waals surface area (Å²) in [7, 11) is 0. The molecular formula is C14H15N3O2. The summed E-state index contributed by atoms with van der Waals surface area (Å²) >= 11 is 0. The van der Waals surface area contributed by atoms with Gasteiger partial charge >= 0.3 is 5.97 Å². The van der Waals surface area contributed by atoms with E-state index in [0.29, 0.717) is 11.6 Å². The predicted octanol–water partition coefficient (Wildman–Crippen LogP) is 2.26. The molecule has 0 aliphatic carbocycles. The molecule has 98 valence electrons. The van der Waals surface area contributed by atoms with Crippen molar-refractivity contribution in [2.24, 2.45) is 0 Å². The first-order valence-electron chi connectivity index (χ1n) is 5.92. The second-order valence-corrected chi connectivity index (χ2v) is 4.33. The Kier molecular flexibility index (Phi) is 3.75. The molecule has 0 aliphatic rings. The summed E-state index contributed by atoms with van der Waals surface area (Å²) in [6, 6.07) is 7.69. The van der Waals surface area contributed by atoms with Crippen LogP contribution in [-0.2, 0) is 4.79 Å². The average molecular weight is 257 g/mol. The Morgan fingerprint density at radius 2 is 2.11 bits per heavy atom. The monoisotopic (exact) mass is 257 g/mol. The van der Waals surface area contributed by atoms with E-state index in [1.54, 1.807) is 12.3 Å². The van der Waals surface area contributed by atoms with Gasteiger partial charge in [-0.2, -0.15) is 0 Å². The number of anilines is 1. The number of aliphatic carboxylic acids is 1. The Morgan fingerprint density at radius 3 is 2.79 bits per heavy atom. The largest absolute Gasteiger partial charge is 0.480 e. The van der Waals surface area contributed by atoms with Crippen LogP contribution in [0.25, 0.3) is 11.4 Å². The van der Waals surface area contributed by atoms with Gasteiger partial charge in [-0.05, 0) is 25.5 Å². The van der Waals surface area contributed by atoms with Crippen LogP contribution in [0.3, 0.4) is 0 Å². The van der Waals surface area contributed by atoms with Crippen LogP contribution in [-0.4, -0.2) is 27.6 Å². The van der Waals surface area contributed by atoms with E-state index < -0.39 is 5.97 Å². The molecule has 0 aliphatic heterocycles. The quantitative estimate of drug-likeness (QED) is 0.878. The normalized spacial score (nSPS) is 10.2. The molecular weight excluding hydrogens is 242 g/mol. The molecule has 2 N–H and O–H groups in total. The number of nitrogens with zero attached hydrogens (tertiary/aromatic N) is 2. The van der Waals surface area contributed by atoms with E-state index in [0.717, 1.165) is 11.1 Å². The van der Waals surface area contributed by atoms with Crippen molar-refractivity contribution >= 4 is 11.8 Å². The number of hydrogen-bond acceptors (Lipinski definition) is 4. The Bertz CT molecular complexity index is 611. The van der Waals surface area contributed by atoms with E-state index in [-0.39, 0.29) is 6.54 Å². The van der Waals surface area contributed by atoms with Crippen LogP contribution >= 0.6 is 0 Å². The lowest BCUT2D eigenvalue weighted by molar-refractivity contribution is -0.134. The van der Waals surface area contributed by atoms with Crippen LogP contribution in [0.2, 0.25) is 0 Å². The van der Waals surface area contributed by atoms with Crippen LogP contribution in [0.4, 0.5) is 5.82 Å². The van der Waals surface area contributed by atoms with Gasteiger partial charge in [0, 0.05) is 11.8 Å². The Morgan fingerprint density at radius 1 is 1.32 bits per heavy atom. The molecule has 1 heterocycles. The molecule has 1 aromatic carbocycles. The molecule has 2 rings (SSSR count). The molecule has 0 saturated heterocycles. The second kappa shape index (κ2) is 5.48. The molecule has 0 unspecified atom stereocenters. The highest BCUT2D eigenvalue weighted by Gasteiger charge is 2.06. The van der Waals surface area contributed by atoms with Crippen molar-refractivity contribution in [2.45, 2.75) is 13.8 Å². The number of rotatable bonds is 4. The van der Waals surface area contributed by atoms with Gasteiger partial charge in [0.25, 0.3) is 0 Å². The van der Waals surface area contributed by atoms with Gasteiger partial charge in [-0.15, -0.1) is 0 Å². The number of aryl methyl sites for hydroxylation is 2. The molecule has 0 amide bonds. The van der Waals surface area contributed by atoms with E-state index >= 15 is 0 Å². The molecule has 0 atom stereocenters. The first-order valence-corrected chi connectivity index (χ1v) is 5.92. The number of benzene rings is 1. The van der Waals surface area contributed by atoms with E-state index in [1.165, 1.54) is 5.56 Å². The van der Waals surface area contributed by atoms with Gasteiger partial charge in [0.05, 0.1) is 0 Å². The van der Waals surface area contributed by atoms with Crippen molar-refractivity contribution in [1.29, 1.82) is 0 Å². The van der Waals surface area contributed by atoms with E-state index in [1.807, 2.05) is 26.0 Å². The van der Waals surface area contributed by atoms with Crippen molar-refractivity contribution in [1.82, 2.24) is 9.97 Å². The lowest BCUT2D eigenvalue weighted by atomic mass is 10.1. The third-order valence-electron chi connectivity index (χ3n) is 2.70. The standard InChI is InChI=1S/C14H15N3O2/c1-9-3-4-11(10(2)7-9)14-15-6-5-12(17-14)16-8-13(18)19/h3-7H,8H2,1-2H3,(H,18,19)(H,15,16,17). The molecule has 5 nitrogen and oxygen atoms in total. The zero-order valence-electron chi connectivity index (χ0n) is 10.8. The maximum atomic E-state index is 10.5. The van der Waals surface area contributed by atoms with Gasteiger partial charge in [-0.25, -0.2) is 9.97 Å². The number of hydrogen-bond donors (Lipinski definition) is 2. The summed E-state index contributed by atoms with van der Waals surface area (Å²) in [5, 5.41) is 11.4. The Hall–Kier alpha value is -2.43. The number of carboxylic acids is 1. The summed E-state index contributed by atoms with van der Waals surface area (Å²) in [6.45, 7) is 3.87. The molecule has 2 aromatic rings. The summed E-state index contributed by atoms with van der Waals surface area (Å²) < 4.78 is 0. The second-order valence-electron chi connectivity index (χ2n) is 4.33. The van der Waals surface area contributed by atoms with Crippen LogP contribution < -0.4 is 5.32 Å². The summed E-state index contributed by atoms with van der Waals surface area (Å²) in [4.78, 5) is 19.1. The van der Waals surface area contributed by atoms with Gasteiger partial charge in [0.2, 0.25) is 0 Å². The number of aromatic nitrogens is 2. The number of nitrogens with one attached hydrogen (secondary N) is 1. The SMILES string of the molecule is Cc1ccc(-c2nccc(NCC(=O)O)n2)c(C)c1. The molecule has 0 saturated carbocycles. The van der Waals surface area contributed by atoms with Crippen molar-refractivity contribution < 1.29 is 9.90 Å². The minimum Gasteiger partial charge on any atom is -0.480 e. The molecule has 5 heteroatoms. The van der Waals surface area contributed by atoms with Crippen LogP contribution in [0.1, 0.15) is 11.1 Å². The van der Waals surface area contributed by atoms with Crippen molar-refractivity contribution in [2.75, 3.05) is 11.9 Å². The third kappa shape index (κ3) is 3.28. The van der Waals surface area contributed by atoms with E-state index in [2.05, 4.69) is 21.4 Å². The zero-order valence-corrected chi connectivity index (χ0v) is 10.8. The highest BCUT2D eigenvalue weighted by atomic mass is 16.4. The molecule has 0 spiro atoms. The maximum Gasteiger partial charge on any atom is 0.322 e. The topological polar surface area (TPSA) is 75.1 Å². The molecule has 1 aromatic heterocycles. The molecule has 0 radical (unpaired) electrons. The number of carbonyl (C=O) groups is 1. The molecule has 19 heavy (non-hydrogen) atoms. The summed E-state index contributed by atoms with van der Waals surface area (Å²) in [5.74, 6) is 0.173. The lowest BCUT2D eigenvalue weighted by Crippen LogP contribution is -2.13. The fraction of sp³-hybridized carbons (Fsp3) is 0.214. The first-order chi connectivity index (χ1) is 9.06. The fourth-order valence-corrected chi connectivity index (χ4v) is 1.82. The van der Waals surface area contributed by atoms with Gasteiger partial charge < -0.3 is 10.4 Å². The Balaban J connectivity index is 2.29. The third-order valence-corrected chi connectivity index (χ3v) is 2.70. The average Bonchev–Trinajstić information content (AvgIpc) is 2.36. The Labute approximate surface area is 111 Å². The van der Waals surface area contributed by atoms with Gasteiger partial charge in [0.1, 0.15) is 12.4 Å². The minimum atomic E-state index is -0.924. The van der Waals surface area contributed by atoms with Gasteiger partial charge in [0.15, 0.2) is 5.82 Å². The van der Waals surface area contributed by atoms with E-state index in [4.69, 9.17) is 5.11 Å². The summed E-state index contributed by atoms with van der Waals surface area (Å²) in [5.41, 5.74) is 3.22. The minimum absolute atomic E-state index is 0.163. The highest BCUT2D eigenvalue weighted by molar-refractivity contribution is 5.72. The van der Waals surface area contributed by atoms with Crippen LogP contribution in [0, 0.1) is 13.8 Å². The first kappa shape index (κ1) is 13.0. The zero-order chi connectivity index (χ0) is 13.8. The van der Waals surface area contributed by atoms with Gasteiger partial charge in [-0.1, -0.05) is 23.8 Å². The van der Waals surface area contributed by atoms with Crippen molar-refractivity contribution in [3.63, 3.8) is 0 Å². The fourth-order valence-electron chi connectivity index (χ4n) is 1.82. The molecule has 0 bridgehead atoms. The summed E-state index contributed by atoms with van der Waals surface area (Å²) in [6.07, 6.45) is 1.62. The van der Waals surface area contributed by atoms with Crippen LogP contribution in [0.5, 0.6) is 0 Å². The lowest BCUT2D eigenvalue weighted by Gasteiger charge is -2.07. The highest BCUT2D eigenvalue weighted by Crippen LogP contribution is 2.21.